The number of hydrogen-bond donors (Lipinski definition) is 2. The van der Waals surface area contributed by atoms with E-state index >= 15 is 0 Å². The minimum absolute atomic E-state index is 0.0565. The fourth-order valence-corrected chi connectivity index (χ4v) is 5.32. The fraction of sp³-hybridized carbons (Fsp3) is 0.185. The highest BCUT2D eigenvalue weighted by Crippen LogP contribution is 2.21. The van der Waals surface area contributed by atoms with Crippen LogP contribution in [0.25, 0.3) is 5.69 Å². The second-order valence-electron chi connectivity index (χ2n) is 8.51. The summed E-state index contributed by atoms with van der Waals surface area (Å²) in [6.45, 7) is 2.84. The third-order valence-corrected chi connectivity index (χ3v) is 7.50. The maximum atomic E-state index is 12.8. The Morgan fingerprint density at radius 3 is 2.46 bits per heavy atom. The SMILES string of the molecule is O=C(CSc1nc[nH][n+]1-c1ccccc1)Nc1ccc(N2CCN(C(=O)c3cccc(Br)c3)CC2)cc1. The molecule has 1 saturated heterocycles. The number of piperazine rings is 1. The summed E-state index contributed by atoms with van der Waals surface area (Å²) in [5.74, 6) is 0.203. The normalized spacial score (nSPS) is 13.4. The first-order valence-corrected chi connectivity index (χ1v) is 13.7. The van der Waals surface area contributed by atoms with Gasteiger partial charge >= 0.3 is 5.16 Å². The summed E-state index contributed by atoms with van der Waals surface area (Å²) in [4.78, 5) is 33.8. The number of amides is 2. The quantitative estimate of drug-likeness (QED) is 0.255. The summed E-state index contributed by atoms with van der Waals surface area (Å²) < 4.78 is 2.75. The van der Waals surface area contributed by atoms with Crippen molar-refractivity contribution in [1.29, 1.82) is 0 Å². The molecular weight excluding hydrogens is 552 g/mol. The molecule has 0 unspecified atom stereocenters. The van der Waals surface area contributed by atoms with Crippen molar-refractivity contribution in [2.24, 2.45) is 0 Å². The Labute approximate surface area is 227 Å². The lowest BCUT2D eigenvalue weighted by molar-refractivity contribution is -0.694. The van der Waals surface area contributed by atoms with E-state index < -0.39 is 0 Å². The predicted octanol–water partition coefficient (Wildman–Crippen LogP) is 4.14. The molecule has 188 valence electrons. The number of carbonyl (C=O) groups excluding carboxylic acids is 2. The van der Waals surface area contributed by atoms with E-state index in [0.29, 0.717) is 23.8 Å². The van der Waals surface area contributed by atoms with Crippen LogP contribution in [0.15, 0.2) is 94.8 Å². The number of anilines is 2. The zero-order chi connectivity index (χ0) is 25.6. The van der Waals surface area contributed by atoms with Gasteiger partial charge in [0.1, 0.15) is 0 Å². The molecule has 1 aromatic heterocycles. The summed E-state index contributed by atoms with van der Waals surface area (Å²) in [7, 11) is 0. The average molecular weight is 579 g/mol. The molecule has 2 heterocycles. The van der Waals surface area contributed by atoms with Gasteiger partial charge in [0.05, 0.1) is 5.75 Å². The van der Waals surface area contributed by atoms with Crippen molar-refractivity contribution in [3.05, 3.63) is 95.2 Å². The molecule has 1 aliphatic rings. The maximum Gasteiger partial charge on any atom is 0.385 e. The first-order valence-electron chi connectivity index (χ1n) is 11.9. The first kappa shape index (κ1) is 25.0. The van der Waals surface area contributed by atoms with E-state index in [4.69, 9.17) is 0 Å². The van der Waals surface area contributed by atoms with Gasteiger partial charge in [-0.25, -0.2) is 0 Å². The Bertz CT molecular complexity index is 1370. The molecule has 0 spiro atoms. The smallest absolute Gasteiger partial charge is 0.368 e. The van der Waals surface area contributed by atoms with Gasteiger partial charge in [-0.1, -0.05) is 40.2 Å². The molecule has 2 N–H and O–H groups in total. The van der Waals surface area contributed by atoms with Gasteiger partial charge in [-0.05, 0) is 71.3 Å². The molecule has 8 nitrogen and oxygen atoms in total. The lowest BCUT2D eigenvalue weighted by Crippen LogP contribution is -2.48. The van der Waals surface area contributed by atoms with Gasteiger partial charge in [-0.3, -0.25) is 9.59 Å². The van der Waals surface area contributed by atoms with Gasteiger partial charge in [0.15, 0.2) is 5.69 Å². The number of nitrogens with one attached hydrogen (secondary N) is 2. The van der Waals surface area contributed by atoms with Crippen molar-refractivity contribution in [3.8, 4) is 5.69 Å². The maximum absolute atomic E-state index is 12.8. The third kappa shape index (κ3) is 6.20. The van der Waals surface area contributed by atoms with Gasteiger partial charge < -0.3 is 15.1 Å². The van der Waals surface area contributed by atoms with Crippen LogP contribution >= 0.6 is 27.7 Å². The van der Waals surface area contributed by atoms with Crippen LogP contribution in [0.4, 0.5) is 11.4 Å². The van der Waals surface area contributed by atoms with Gasteiger partial charge in [0, 0.05) is 47.6 Å². The molecule has 37 heavy (non-hydrogen) atoms. The molecule has 0 radical (unpaired) electrons. The number of carbonyl (C=O) groups is 2. The van der Waals surface area contributed by atoms with Crippen LogP contribution < -0.4 is 14.9 Å². The number of para-hydroxylation sites is 1. The van der Waals surface area contributed by atoms with Crippen LogP contribution in [-0.4, -0.2) is 58.7 Å². The Morgan fingerprint density at radius 2 is 1.73 bits per heavy atom. The second kappa shape index (κ2) is 11.6. The Balaban J connectivity index is 1.11. The van der Waals surface area contributed by atoms with E-state index in [0.717, 1.165) is 34.6 Å². The molecular formula is C27H26BrN6O2S+. The summed E-state index contributed by atoms with van der Waals surface area (Å²) in [6, 6.07) is 25.2. The van der Waals surface area contributed by atoms with Gasteiger partial charge in [-0.15, -0.1) is 4.68 Å². The van der Waals surface area contributed by atoms with Crippen LogP contribution in [0.1, 0.15) is 10.4 Å². The van der Waals surface area contributed by atoms with E-state index in [1.807, 2.05) is 88.4 Å². The van der Waals surface area contributed by atoms with Gasteiger partial charge in [-0.2, -0.15) is 5.10 Å². The van der Waals surface area contributed by atoms with Crippen LogP contribution in [0.2, 0.25) is 0 Å². The monoisotopic (exact) mass is 577 g/mol. The lowest BCUT2D eigenvalue weighted by Gasteiger charge is -2.36. The minimum atomic E-state index is -0.0972. The van der Waals surface area contributed by atoms with Crippen molar-refractivity contribution >= 4 is 50.9 Å². The van der Waals surface area contributed by atoms with Crippen molar-refractivity contribution in [1.82, 2.24) is 15.0 Å². The number of nitrogens with zero attached hydrogens (tertiary/aromatic N) is 4. The number of aromatic nitrogens is 3. The molecule has 1 aliphatic heterocycles. The van der Waals surface area contributed by atoms with Crippen LogP contribution in [-0.2, 0) is 4.79 Å². The van der Waals surface area contributed by atoms with Crippen LogP contribution in [0, 0.1) is 0 Å². The summed E-state index contributed by atoms with van der Waals surface area (Å²) >= 11 is 4.80. The van der Waals surface area contributed by atoms with Gasteiger partial charge in [0.25, 0.3) is 5.91 Å². The molecule has 4 aromatic rings. The Morgan fingerprint density at radius 1 is 0.973 bits per heavy atom. The molecule has 3 aromatic carbocycles. The van der Waals surface area contributed by atoms with Crippen molar-refractivity contribution in [2.75, 3.05) is 42.1 Å². The van der Waals surface area contributed by atoms with E-state index in [9.17, 15) is 9.59 Å². The van der Waals surface area contributed by atoms with Crippen molar-refractivity contribution in [3.63, 3.8) is 0 Å². The van der Waals surface area contributed by atoms with E-state index in [2.05, 4.69) is 36.2 Å². The molecule has 10 heteroatoms. The zero-order valence-electron chi connectivity index (χ0n) is 20.0. The van der Waals surface area contributed by atoms with E-state index in [-0.39, 0.29) is 17.6 Å². The summed E-state index contributed by atoms with van der Waals surface area (Å²) in [5, 5.41) is 6.75. The van der Waals surface area contributed by atoms with E-state index in [1.54, 1.807) is 6.33 Å². The van der Waals surface area contributed by atoms with E-state index in [1.165, 1.54) is 11.8 Å². The predicted molar refractivity (Wildman–Crippen MR) is 148 cm³/mol. The lowest BCUT2D eigenvalue weighted by atomic mass is 10.1. The summed E-state index contributed by atoms with van der Waals surface area (Å²) in [6.07, 6.45) is 1.61. The molecule has 0 atom stereocenters. The number of hydrogen-bond acceptors (Lipinski definition) is 5. The Kier molecular flexibility index (Phi) is 7.86. The Hall–Kier alpha value is -3.63. The zero-order valence-corrected chi connectivity index (χ0v) is 22.4. The highest BCUT2D eigenvalue weighted by atomic mass is 79.9. The average Bonchev–Trinajstić information content (AvgIpc) is 3.41. The van der Waals surface area contributed by atoms with Crippen molar-refractivity contribution in [2.45, 2.75) is 5.16 Å². The molecule has 5 rings (SSSR count). The number of thioether (sulfide) groups is 1. The first-order chi connectivity index (χ1) is 18.1. The number of aromatic amines is 1. The largest absolute Gasteiger partial charge is 0.385 e. The second-order valence-corrected chi connectivity index (χ2v) is 10.4. The molecule has 0 aliphatic carbocycles. The highest BCUT2D eigenvalue weighted by Gasteiger charge is 2.23. The molecule has 0 bridgehead atoms. The standard InChI is InChI=1S/C27H25BrN6O2S/c28-21-6-4-5-20(17-21)26(36)33-15-13-32(14-16-33)23-11-9-22(10-12-23)31-25(35)18-37-27-29-19-30-34(27)24-7-2-1-3-8-24/h1-12,17,19H,13-16,18H2,(H,31,35)/p+1. The number of rotatable bonds is 7. The fourth-order valence-electron chi connectivity index (χ4n) is 4.17. The topological polar surface area (TPSA) is 85.2 Å². The molecule has 0 saturated carbocycles. The van der Waals surface area contributed by atoms with Crippen LogP contribution in [0.5, 0.6) is 0 Å². The molecule has 1 fully saturated rings. The third-order valence-electron chi connectivity index (χ3n) is 6.05. The number of H-pyrrole nitrogens is 1. The van der Waals surface area contributed by atoms with Crippen LogP contribution in [0.3, 0.4) is 0 Å². The van der Waals surface area contributed by atoms with Crippen molar-refractivity contribution < 1.29 is 14.3 Å². The van der Waals surface area contributed by atoms with Gasteiger partial charge in [0.2, 0.25) is 12.2 Å². The highest BCUT2D eigenvalue weighted by molar-refractivity contribution is 9.10. The minimum Gasteiger partial charge on any atom is -0.368 e. The number of benzene rings is 3. The molecule has 2 amide bonds. The summed E-state index contributed by atoms with van der Waals surface area (Å²) in [5.41, 5.74) is 3.47. The number of halogens is 1.